The van der Waals surface area contributed by atoms with E-state index in [0.29, 0.717) is 11.3 Å². The zero-order valence-electron chi connectivity index (χ0n) is 12.0. The van der Waals surface area contributed by atoms with Crippen LogP contribution in [0.3, 0.4) is 0 Å². The number of rotatable bonds is 5. The zero-order valence-corrected chi connectivity index (χ0v) is 12.8. The fraction of sp³-hybridized carbons (Fsp3) is 0.133. The molecule has 2 aromatic rings. The number of non-ortho nitro benzene ring substituents is 1. The van der Waals surface area contributed by atoms with Crippen LogP contribution in [0.4, 0.5) is 20.2 Å². The van der Waals surface area contributed by atoms with Crippen LogP contribution in [0.2, 0.25) is 0 Å². The molecule has 0 heterocycles. The van der Waals surface area contributed by atoms with Gasteiger partial charge in [0.05, 0.1) is 10.7 Å². The molecule has 0 unspecified atom stereocenters. The Morgan fingerprint density at radius 1 is 1.26 bits per heavy atom. The summed E-state index contributed by atoms with van der Waals surface area (Å²) in [6.07, 6.45) is 0. The van der Waals surface area contributed by atoms with Gasteiger partial charge < -0.3 is 5.32 Å². The number of nitro benzene ring substituents is 1. The summed E-state index contributed by atoms with van der Waals surface area (Å²) in [5.41, 5.74) is 0.895. The molecule has 120 valence electrons. The molecule has 0 fully saturated rings. The summed E-state index contributed by atoms with van der Waals surface area (Å²) in [4.78, 5) is 22.0. The third-order valence-electron chi connectivity index (χ3n) is 2.95. The van der Waals surface area contributed by atoms with Gasteiger partial charge in [-0.15, -0.1) is 11.8 Å². The Morgan fingerprint density at radius 3 is 2.65 bits per heavy atom. The van der Waals surface area contributed by atoms with Crippen molar-refractivity contribution >= 4 is 29.0 Å². The Balaban J connectivity index is 2.00. The maximum absolute atomic E-state index is 13.4. The van der Waals surface area contributed by atoms with Gasteiger partial charge in [0.2, 0.25) is 5.91 Å². The van der Waals surface area contributed by atoms with Gasteiger partial charge in [0.25, 0.3) is 5.69 Å². The van der Waals surface area contributed by atoms with Crippen molar-refractivity contribution in [1.82, 2.24) is 0 Å². The van der Waals surface area contributed by atoms with Crippen LogP contribution in [-0.4, -0.2) is 16.6 Å². The number of nitro groups is 1. The van der Waals surface area contributed by atoms with Crippen molar-refractivity contribution in [3.63, 3.8) is 0 Å². The first-order valence-corrected chi connectivity index (χ1v) is 7.48. The second kappa shape index (κ2) is 7.19. The van der Waals surface area contributed by atoms with Crippen molar-refractivity contribution in [1.29, 1.82) is 0 Å². The predicted octanol–water partition coefficient (Wildman–Crippen LogP) is 3.91. The minimum absolute atomic E-state index is 0.0422. The van der Waals surface area contributed by atoms with Gasteiger partial charge in [-0.2, -0.15) is 0 Å². The SMILES string of the molecule is Cc1cc([N+](=O)[O-])ccc1NC(=O)CSc1cc(F)ccc1F. The Kier molecular flexibility index (Phi) is 5.28. The van der Waals surface area contributed by atoms with E-state index in [1.54, 1.807) is 6.92 Å². The summed E-state index contributed by atoms with van der Waals surface area (Å²) >= 11 is 0.867. The molecule has 0 aliphatic rings. The molecule has 0 atom stereocenters. The lowest BCUT2D eigenvalue weighted by Gasteiger charge is -2.08. The van der Waals surface area contributed by atoms with Gasteiger partial charge in [-0.1, -0.05) is 0 Å². The molecule has 5 nitrogen and oxygen atoms in total. The number of hydrogen-bond donors (Lipinski definition) is 1. The van der Waals surface area contributed by atoms with Crippen LogP contribution >= 0.6 is 11.8 Å². The minimum Gasteiger partial charge on any atom is -0.325 e. The molecule has 1 N–H and O–H groups in total. The molecule has 0 saturated heterocycles. The van der Waals surface area contributed by atoms with E-state index in [4.69, 9.17) is 0 Å². The zero-order chi connectivity index (χ0) is 17.0. The molecule has 23 heavy (non-hydrogen) atoms. The highest BCUT2D eigenvalue weighted by Gasteiger charge is 2.12. The van der Waals surface area contributed by atoms with Crippen LogP contribution in [0.15, 0.2) is 41.3 Å². The highest BCUT2D eigenvalue weighted by Crippen LogP contribution is 2.24. The topological polar surface area (TPSA) is 72.2 Å². The minimum atomic E-state index is -0.601. The highest BCUT2D eigenvalue weighted by molar-refractivity contribution is 8.00. The van der Waals surface area contributed by atoms with E-state index in [0.717, 1.165) is 30.0 Å². The van der Waals surface area contributed by atoms with Gasteiger partial charge in [-0.25, -0.2) is 8.78 Å². The number of carbonyl (C=O) groups excluding carboxylic acids is 1. The van der Waals surface area contributed by atoms with Crippen LogP contribution in [0, 0.1) is 28.7 Å². The summed E-state index contributed by atoms with van der Waals surface area (Å²) in [5.74, 6) is -1.72. The number of thioether (sulfide) groups is 1. The molecule has 0 bridgehead atoms. The number of benzene rings is 2. The van der Waals surface area contributed by atoms with Crippen molar-refractivity contribution in [2.75, 3.05) is 11.1 Å². The summed E-state index contributed by atoms with van der Waals surface area (Å²) in [7, 11) is 0. The molecule has 0 saturated carbocycles. The van der Waals surface area contributed by atoms with Crippen molar-refractivity contribution in [2.24, 2.45) is 0 Å². The lowest BCUT2D eigenvalue weighted by atomic mass is 10.2. The second-order valence-corrected chi connectivity index (χ2v) is 5.69. The van der Waals surface area contributed by atoms with Gasteiger partial charge in [0.15, 0.2) is 0 Å². The maximum Gasteiger partial charge on any atom is 0.269 e. The van der Waals surface area contributed by atoms with E-state index in [1.165, 1.54) is 18.2 Å². The molecular weight excluding hydrogens is 326 g/mol. The van der Waals surface area contributed by atoms with Crippen molar-refractivity contribution in [3.05, 3.63) is 63.7 Å². The monoisotopic (exact) mass is 338 g/mol. The summed E-state index contributed by atoms with van der Waals surface area (Å²) in [5, 5.41) is 13.2. The third-order valence-corrected chi connectivity index (χ3v) is 3.98. The smallest absolute Gasteiger partial charge is 0.269 e. The Labute approximate surface area is 134 Å². The van der Waals surface area contributed by atoms with E-state index in [9.17, 15) is 23.7 Å². The van der Waals surface area contributed by atoms with Crippen LogP contribution in [0.5, 0.6) is 0 Å². The first kappa shape index (κ1) is 16.9. The molecule has 0 radical (unpaired) electrons. The second-order valence-electron chi connectivity index (χ2n) is 4.67. The summed E-state index contributed by atoms with van der Waals surface area (Å²) < 4.78 is 26.5. The third kappa shape index (κ3) is 4.49. The van der Waals surface area contributed by atoms with Crippen LogP contribution < -0.4 is 5.32 Å². The number of nitrogens with one attached hydrogen (secondary N) is 1. The Bertz CT molecular complexity index is 768. The average molecular weight is 338 g/mol. The van der Waals surface area contributed by atoms with Gasteiger partial charge in [0.1, 0.15) is 11.6 Å². The first-order chi connectivity index (χ1) is 10.9. The van der Waals surface area contributed by atoms with Crippen LogP contribution in [0.25, 0.3) is 0 Å². The van der Waals surface area contributed by atoms with Crippen molar-refractivity contribution in [2.45, 2.75) is 11.8 Å². The van der Waals surface area contributed by atoms with Gasteiger partial charge in [0, 0.05) is 22.7 Å². The molecule has 1 amide bonds. The number of anilines is 1. The molecule has 2 rings (SSSR count). The molecule has 0 aliphatic carbocycles. The first-order valence-electron chi connectivity index (χ1n) is 6.49. The Morgan fingerprint density at radius 2 is 2.00 bits per heavy atom. The average Bonchev–Trinajstić information content (AvgIpc) is 2.50. The fourth-order valence-corrected chi connectivity index (χ4v) is 2.58. The van der Waals surface area contributed by atoms with Gasteiger partial charge in [-0.3, -0.25) is 14.9 Å². The maximum atomic E-state index is 13.4. The molecule has 0 spiro atoms. The number of nitrogens with zero attached hydrogens (tertiary/aromatic N) is 1. The molecule has 0 aromatic heterocycles. The van der Waals surface area contributed by atoms with E-state index >= 15 is 0 Å². The molecule has 2 aromatic carbocycles. The van der Waals surface area contributed by atoms with Gasteiger partial charge >= 0.3 is 0 Å². The predicted molar refractivity (Wildman–Crippen MR) is 83.5 cm³/mol. The largest absolute Gasteiger partial charge is 0.325 e. The van der Waals surface area contributed by atoms with Crippen molar-refractivity contribution < 1.29 is 18.5 Å². The quantitative estimate of drug-likeness (QED) is 0.510. The number of amides is 1. The summed E-state index contributed by atoms with van der Waals surface area (Å²) in [6.45, 7) is 1.63. The highest BCUT2D eigenvalue weighted by atomic mass is 32.2. The number of hydrogen-bond acceptors (Lipinski definition) is 4. The molecule has 0 aliphatic heterocycles. The van der Waals surface area contributed by atoms with Crippen LogP contribution in [0.1, 0.15) is 5.56 Å². The number of aryl methyl sites for hydroxylation is 1. The normalized spacial score (nSPS) is 10.4. The lowest BCUT2D eigenvalue weighted by molar-refractivity contribution is -0.384. The fourth-order valence-electron chi connectivity index (χ4n) is 1.82. The number of carbonyl (C=O) groups is 1. The van der Waals surface area contributed by atoms with Crippen molar-refractivity contribution in [3.8, 4) is 0 Å². The van der Waals surface area contributed by atoms with Gasteiger partial charge in [-0.05, 0) is 36.8 Å². The van der Waals surface area contributed by atoms with E-state index < -0.39 is 22.5 Å². The van der Waals surface area contributed by atoms with E-state index in [2.05, 4.69) is 5.32 Å². The van der Waals surface area contributed by atoms with Crippen LogP contribution in [-0.2, 0) is 4.79 Å². The molecular formula is C15H12F2N2O3S. The summed E-state index contributed by atoms with van der Waals surface area (Å²) in [6, 6.07) is 7.07. The number of halogens is 2. The van der Waals surface area contributed by atoms with E-state index in [1.807, 2.05) is 0 Å². The molecule has 8 heteroatoms. The lowest BCUT2D eigenvalue weighted by Crippen LogP contribution is -2.15. The standard InChI is InChI=1S/C15H12F2N2O3S/c1-9-6-11(19(21)22)3-5-13(9)18-15(20)8-23-14-7-10(16)2-4-12(14)17/h2-7H,8H2,1H3,(H,18,20). The van der Waals surface area contributed by atoms with E-state index in [-0.39, 0.29) is 16.3 Å². The Hall–Kier alpha value is -2.48.